The smallest absolute Gasteiger partial charge is 0.255 e. The highest BCUT2D eigenvalue weighted by molar-refractivity contribution is 7.99. The number of amides is 1. The lowest BCUT2D eigenvalue weighted by Gasteiger charge is -2.31. The second-order valence-corrected chi connectivity index (χ2v) is 7.62. The zero-order valence-electron chi connectivity index (χ0n) is 13.4. The number of thioether (sulfide) groups is 1. The van der Waals surface area contributed by atoms with Crippen LogP contribution in [0, 0.1) is 23.4 Å². The maximum absolute atomic E-state index is 13.2. The molecule has 0 radical (unpaired) electrons. The fourth-order valence-corrected chi connectivity index (χ4v) is 4.02. The highest BCUT2D eigenvalue weighted by Crippen LogP contribution is 2.36. The van der Waals surface area contributed by atoms with Crippen LogP contribution >= 0.6 is 23.4 Å². The van der Waals surface area contributed by atoms with Crippen molar-refractivity contribution in [2.45, 2.75) is 23.8 Å². The van der Waals surface area contributed by atoms with Crippen LogP contribution in [0.4, 0.5) is 18.9 Å². The van der Waals surface area contributed by atoms with Gasteiger partial charge in [0.05, 0.1) is 11.1 Å². The number of aliphatic hydroxyl groups excluding tert-OH is 1. The van der Waals surface area contributed by atoms with Crippen molar-refractivity contribution in [2.24, 2.45) is 5.92 Å². The minimum absolute atomic E-state index is 0.181. The number of carbonyl (C=O) groups is 1. The minimum atomic E-state index is -1.59. The molecule has 0 saturated heterocycles. The molecule has 1 fully saturated rings. The van der Waals surface area contributed by atoms with Crippen molar-refractivity contribution in [3.8, 4) is 0 Å². The average molecular weight is 402 g/mol. The van der Waals surface area contributed by atoms with Gasteiger partial charge in [0.25, 0.3) is 5.91 Å². The molecule has 0 bridgehead atoms. The zero-order chi connectivity index (χ0) is 18.8. The fraction of sp³-hybridized carbons (Fsp3) is 0.278. The molecule has 1 aliphatic carbocycles. The maximum Gasteiger partial charge on any atom is 0.255 e. The third-order valence-electron chi connectivity index (χ3n) is 4.12. The van der Waals surface area contributed by atoms with Crippen molar-refractivity contribution < 1.29 is 23.1 Å². The summed E-state index contributed by atoms with van der Waals surface area (Å²) in [6.45, 7) is 0. The molecule has 0 heterocycles. The Labute approximate surface area is 157 Å². The van der Waals surface area contributed by atoms with Crippen LogP contribution in [0.5, 0.6) is 0 Å². The number of hydrogen-bond donors (Lipinski definition) is 2. The first-order valence-corrected chi connectivity index (χ1v) is 9.26. The Bertz CT molecular complexity index is 820. The molecule has 26 heavy (non-hydrogen) atoms. The SMILES string of the molecule is O=C(Nc1cc(F)c(F)c(F)c1)c1ccc(Cl)c(SCC2CC(O)C2)c1. The van der Waals surface area contributed by atoms with Crippen molar-refractivity contribution >= 4 is 35.0 Å². The maximum atomic E-state index is 13.2. The standard InChI is InChI=1S/C18H15ClF3NO2S/c19-13-2-1-10(5-16(13)26-8-9-3-12(24)4-9)18(25)23-11-6-14(20)17(22)15(21)7-11/h1-2,5-7,9,12,24H,3-4,8H2,(H,23,25). The minimum Gasteiger partial charge on any atom is -0.393 e. The van der Waals surface area contributed by atoms with Crippen LogP contribution in [0.25, 0.3) is 0 Å². The Morgan fingerprint density at radius 2 is 1.85 bits per heavy atom. The summed E-state index contributed by atoms with van der Waals surface area (Å²) in [5.41, 5.74) is 0.0784. The first kappa shape index (κ1) is 19.1. The van der Waals surface area contributed by atoms with Gasteiger partial charge in [-0.15, -0.1) is 11.8 Å². The van der Waals surface area contributed by atoms with E-state index in [0.29, 0.717) is 28.0 Å². The number of nitrogens with one attached hydrogen (secondary N) is 1. The second kappa shape index (κ2) is 7.90. The van der Waals surface area contributed by atoms with Crippen LogP contribution in [0.1, 0.15) is 23.2 Å². The lowest BCUT2D eigenvalue weighted by Crippen LogP contribution is -2.29. The molecule has 2 aromatic rings. The normalized spacial score (nSPS) is 19.1. The average Bonchev–Trinajstić information content (AvgIpc) is 2.56. The molecule has 1 amide bonds. The van der Waals surface area contributed by atoms with E-state index in [1.807, 2.05) is 0 Å². The van der Waals surface area contributed by atoms with Gasteiger partial charge >= 0.3 is 0 Å². The van der Waals surface area contributed by atoms with E-state index in [2.05, 4.69) is 5.32 Å². The van der Waals surface area contributed by atoms with Gasteiger partial charge in [0.2, 0.25) is 0 Å². The topological polar surface area (TPSA) is 49.3 Å². The zero-order valence-corrected chi connectivity index (χ0v) is 15.0. The molecule has 0 aliphatic heterocycles. The van der Waals surface area contributed by atoms with Gasteiger partial charge < -0.3 is 10.4 Å². The molecule has 1 aliphatic rings. The number of hydrogen-bond acceptors (Lipinski definition) is 3. The van der Waals surface area contributed by atoms with Crippen LogP contribution in [0.3, 0.4) is 0 Å². The molecule has 0 unspecified atom stereocenters. The van der Waals surface area contributed by atoms with E-state index in [9.17, 15) is 23.1 Å². The Morgan fingerprint density at radius 3 is 2.46 bits per heavy atom. The summed E-state index contributed by atoms with van der Waals surface area (Å²) in [6.07, 6.45) is 1.28. The van der Waals surface area contributed by atoms with Crippen molar-refractivity contribution in [3.63, 3.8) is 0 Å². The third-order valence-corrected chi connectivity index (χ3v) is 5.85. The largest absolute Gasteiger partial charge is 0.393 e. The summed E-state index contributed by atoms with van der Waals surface area (Å²) >= 11 is 7.64. The predicted octanol–water partition coefficient (Wildman–Crippen LogP) is 4.87. The Hall–Kier alpha value is -1.70. The highest BCUT2D eigenvalue weighted by Gasteiger charge is 2.27. The summed E-state index contributed by atoms with van der Waals surface area (Å²) in [5.74, 6) is -3.75. The molecule has 0 spiro atoms. The van der Waals surface area contributed by atoms with Gasteiger partial charge in [-0.2, -0.15) is 0 Å². The van der Waals surface area contributed by atoms with Crippen LogP contribution in [0.2, 0.25) is 5.02 Å². The van der Waals surface area contributed by atoms with Gasteiger partial charge in [0, 0.05) is 34.0 Å². The molecule has 1 saturated carbocycles. The number of aliphatic hydroxyl groups is 1. The van der Waals surface area contributed by atoms with E-state index in [4.69, 9.17) is 11.6 Å². The van der Waals surface area contributed by atoms with Gasteiger partial charge in [-0.05, 0) is 37.0 Å². The lowest BCUT2D eigenvalue weighted by atomic mass is 9.84. The van der Waals surface area contributed by atoms with Gasteiger partial charge in [-0.3, -0.25) is 4.79 Å². The van der Waals surface area contributed by atoms with E-state index in [-0.39, 0.29) is 17.4 Å². The molecular weight excluding hydrogens is 387 g/mol. The predicted molar refractivity (Wildman–Crippen MR) is 95.2 cm³/mol. The molecule has 3 nitrogen and oxygen atoms in total. The Balaban J connectivity index is 1.70. The first-order valence-electron chi connectivity index (χ1n) is 7.90. The summed E-state index contributed by atoms with van der Waals surface area (Å²) < 4.78 is 39.5. The number of carbonyl (C=O) groups excluding carboxylic acids is 1. The molecule has 2 aromatic carbocycles. The Kier molecular flexibility index (Phi) is 5.79. The van der Waals surface area contributed by atoms with E-state index in [1.54, 1.807) is 12.1 Å². The quantitative estimate of drug-likeness (QED) is 0.555. The molecule has 2 N–H and O–H groups in total. The molecule has 0 atom stereocenters. The van der Waals surface area contributed by atoms with Crippen LogP contribution in [-0.2, 0) is 0 Å². The molecule has 138 valence electrons. The van der Waals surface area contributed by atoms with E-state index in [1.165, 1.54) is 17.8 Å². The highest BCUT2D eigenvalue weighted by atomic mass is 35.5. The molecular formula is C18H15ClF3NO2S. The van der Waals surface area contributed by atoms with Crippen molar-refractivity contribution in [1.82, 2.24) is 0 Å². The molecule has 0 aromatic heterocycles. The molecule has 8 heteroatoms. The summed E-state index contributed by atoms with van der Waals surface area (Å²) in [7, 11) is 0. The van der Waals surface area contributed by atoms with Crippen molar-refractivity contribution in [3.05, 3.63) is 58.4 Å². The van der Waals surface area contributed by atoms with Crippen molar-refractivity contribution in [2.75, 3.05) is 11.1 Å². The number of benzene rings is 2. The first-order chi connectivity index (χ1) is 12.3. The van der Waals surface area contributed by atoms with Gasteiger partial charge in [-0.1, -0.05) is 11.6 Å². The molecule has 3 rings (SSSR count). The van der Waals surface area contributed by atoms with Gasteiger partial charge in [0.1, 0.15) is 0 Å². The van der Waals surface area contributed by atoms with Crippen LogP contribution < -0.4 is 5.32 Å². The van der Waals surface area contributed by atoms with Crippen LogP contribution in [0.15, 0.2) is 35.2 Å². The third kappa shape index (κ3) is 4.34. The second-order valence-electron chi connectivity index (χ2n) is 6.16. The van der Waals surface area contributed by atoms with E-state index in [0.717, 1.165) is 18.6 Å². The van der Waals surface area contributed by atoms with Crippen molar-refractivity contribution in [1.29, 1.82) is 0 Å². The monoisotopic (exact) mass is 401 g/mol. The van der Waals surface area contributed by atoms with E-state index >= 15 is 0 Å². The Morgan fingerprint density at radius 1 is 1.19 bits per heavy atom. The van der Waals surface area contributed by atoms with Gasteiger partial charge in [-0.25, -0.2) is 13.2 Å². The fourth-order valence-electron chi connectivity index (χ4n) is 2.63. The van der Waals surface area contributed by atoms with Gasteiger partial charge in [0.15, 0.2) is 17.5 Å². The lowest BCUT2D eigenvalue weighted by molar-refractivity contribution is 0.0533. The number of anilines is 1. The summed E-state index contributed by atoms with van der Waals surface area (Å²) in [5, 5.41) is 12.1. The van der Waals surface area contributed by atoms with E-state index < -0.39 is 23.4 Å². The number of halogens is 4. The number of rotatable bonds is 5. The summed E-state index contributed by atoms with van der Waals surface area (Å²) in [6, 6.07) is 6.08. The van der Waals surface area contributed by atoms with Crippen LogP contribution in [-0.4, -0.2) is 22.9 Å². The summed E-state index contributed by atoms with van der Waals surface area (Å²) in [4.78, 5) is 13.0.